The first kappa shape index (κ1) is 16.8. The molecule has 0 aliphatic rings. The highest BCUT2D eigenvalue weighted by Gasteiger charge is 2.14. The van der Waals surface area contributed by atoms with Crippen LogP contribution < -0.4 is 10.6 Å². The quantitative estimate of drug-likeness (QED) is 0.726. The zero-order valence-electron chi connectivity index (χ0n) is 14.4. The van der Waals surface area contributed by atoms with Crippen LogP contribution in [0.3, 0.4) is 0 Å². The third kappa shape index (κ3) is 4.73. The molecule has 128 valence electrons. The van der Waals surface area contributed by atoms with Crippen molar-refractivity contribution >= 4 is 17.5 Å². The maximum atomic E-state index is 13.1. The number of nitrogens with one attached hydrogen (secondary N) is 2. The van der Waals surface area contributed by atoms with E-state index in [-0.39, 0.29) is 11.4 Å². The Morgan fingerprint density at radius 3 is 2.32 bits per heavy atom. The first-order valence-electron chi connectivity index (χ1n) is 8.00. The molecule has 5 nitrogen and oxygen atoms in total. The summed E-state index contributed by atoms with van der Waals surface area (Å²) in [5, 5.41) is 6.46. The predicted molar refractivity (Wildman–Crippen MR) is 98.3 cm³/mol. The van der Waals surface area contributed by atoms with E-state index < -0.39 is 0 Å². The largest absolute Gasteiger partial charge is 0.350 e. The maximum absolute atomic E-state index is 13.1. The first-order chi connectivity index (χ1) is 11.9. The van der Waals surface area contributed by atoms with E-state index in [2.05, 4.69) is 25.6 Å². The molecule has 0 saturated heterocycles. The van der Waals surface area contributed by atoms with Gasteiger partial charge >= 0.3 is 0 Å². The summed E-state index contributed by atoms with van der Waals surface area (Å²) in [6.07, 6.45) is 1.72. The van der Waals surface area contributed by atoms with Crippen LogP contribution in [-0.2, 0) is 0 Å². The Labute approximate surface area is 146 Å². The van der Waals surface area contributed by atoms with Crippen LogP contribution in [0.2, 0.25) is 0 Å². The fraction of sp³-hybridized carbons (Fsp3) is 0.211. The molecule has 0 aliphatic heterocycles. The Morgan fingerprint density at radius 2 is 1.68 bits per heavy atom. The van der Waals surface area contributed by atoms with Crippen molar-refractivity contribution in [3.8, 4) is 11.4 Å². The lowest BCUT2D eigenvalue weighted by atomic mass is 10.1. The lowest BCUT2D eigenvalue weighted by Gasteiger charge is -2.21. The highest BCUT2D eigenvalue weighted by molar-refractivity contribution is 5.65. The van der Waals surface area contributed by atoms with Crippen LogP contribution in [0.15, 0.2) is 54.7 Å². The number of pyridine rings is 1. The van der Waals surface area contributed by atoms with Crippen LogP contribution >= 0.6 is 0 Å². The second-order valence-corrected chi connectivity index (χ2v) is 6.68. The highest BCUT2D eigenvalue weighted by atomic mass is 19.1. The molecule has 0 unspecified atom stereocenters. The van der Waals surface area contributed by atoms with Crippen LogP contribution in [0.25, 0.3) is 11.4 Å². The molecule has 25 heavy (non-hydrogen) atoms. The normalized spacial score (nSPS) is 11.2. The van der Waals surface area contributed by atoms with Gasteiger partial charge in [-0.05, 0) is 57.2 Å². The zero-order valence-corrected chi connectivity index (χ0v) is 14.4. The summed E-state index contributed by atoms with van der Waals surface area (Å²) in [4.78, 5) is 13.4. The van der Waals surface area contributed by atoms with E-state index in [0.717, 1.165) is 11.4 Å². The third-order valence-electron chi connectivity index (χ3n) is 3.26. The smallest absolute Gasteiger partial charge is 0.225 e. The Hall–Kier alpha value is -3.02. The first-order valence-corrected chi connectivity index (χ1v) is 8.00. The summed E-state index contributed by atoms with van der Waals surface area (Å²) in [5.74, 6) is 0.826. The molecule has 2 aromatic heterocycles. The second-order valence-electron chi connectivity index (χ2n) is 6.68. The van der Waals surface area contributed by atoms with E-state index in [1.807, 2.05) is 45.0 Å². The number of hydrogen-bond acceptors (Lipinski definition) is 5. The molecule has 2 N–H and O–H groups in total. The van der Waals surface area contributed by atoms with Gasteiger partial charge in [-0.2, -0.15) is 4.98 Å². The van der Waals surface area contributed by atoms with Gasteiger partial charge in [-0.25, -0.2) is 9.37 Å². The number of halogens is 1. The summed E-state index contributed by atoms with van der Waals surface area (Å²) >= 11 is 0. The number of anilines is 3. The van der Waals surface area contributed by atoms with E-state index in [1.54, 1.807) is 18.3 Å². The summed E-state index contributed by atoms with van der Waals surface area (Å²) in [5.41, 5.74) is 2.01. The highest BCUT2D eigenvalue weighted by Crippen LogP contribution is 2.23. The van der Waals surface area contributed by atoms with Crippen molar-refractivity contribution in [1.82, 2.24) is 15.0 Å². The van der Waals surface area contributed by atoms with Gasteiger partial charge in [0.15, 0.2) is 0 Å². The molecule has 6 heteroatoms. The minimum atomic E-state index is -0.280. The predicted octanol–water partition coefficient (Wildman–Crippen LogP) is 4.63. The van der Waals surface area contributed by atoms with Gasteiger partial charge in [0.05, 0.1) is 11.4 Å². The summed E-state index contributed by atoms with van der Waals surface area (Å²) in [7, 11) is 0. The van der Waals surface area contributed by atoms with E-state index >= 15 is 0 Å². The number of aromatic nitrogens is 3. The molecule has 0 spiro atoms. The van der Waals surface area contributed by atoms with Crippen molar-refractivity contribution in [3.63, 3.8) is 0 Å². The van der Waals surface area contributed by atoms with Gasteiger partial charge in [-0.1, -0.05) is 6.07 Å². The fourth-order valence-corrected chi connectivity index (χ4v) is 2.23. The minimum Gasteiger partial charge on any atom is -0.350 e. The van der Waals surface area contributed by atoms with Crippen molar-refractivity contribution in [1.29, 1.82) is 0 Å². The number of hydrogen-bond donors (Lipinski definition) is 2. The molecular formula is C19H20FN5. The van der Waals surface area contributed by atoms with Crippen molar-refractivity contribution in [2.75, 3.05) is 10.6 Å². The van der Waals surface area contributed by atoms with Crippen molar-refractivity contribution in [3.05, 3.63) is 60.5 Å². The molecule has 0 saturated carbocycles. The summed E-state index contributed by atoms with van der Waals surface area (Å²) in [6, 6.07) is 13.6. The molecule has 3 rings (SSSR count). The third-order valence-corrected chi connectivity index (χ3v) is 3.26. The Kier molecular flexibility index (Phi) is 4.61. The zero-order chi connectivity index (χ0) is 17.9. The molecular weight excluding hydrogens is 317 g/mol. The molecule has 0 fully saturated rings. The van der Waals surface area contributed by atoms with Crippen LogP contribution in [0, 0.1) is 5.82 Å². The van der Waals surface area contributed by atoms with E-state index in [4.69, 9.17) is 0 Å². The number of rotatable bonds is 4. The Morgan fingerprint density at radius 1 is 0.920 bits per heavy atom. The van der Waals surface area contributed by atoms with E-state index in [0.29, 0.717) is 17.5 Å². The van der Waals surface area contributed by atoms with Crippen molar-refractivity contribution < 1.29 is 4.39 Å². The fourth-order valence-electron chi connectivity index (χ4n) is 2.23. The summed E-state index contributed by atoms with van der Waals surface area (Å²) in [6.45, 7) is 6.12. The SMILES string of the molecule is CC(C)(C)Nc1nc(Nc2ccc(F)cc2)cc(-c2ccccn2)n1. The van der Waals surface area contributed by atoms with E-state index in [9.17, 15) is 4.39 Å². The number of nitrogens with zero attached hydrogens (tertiary/aromatic N) is 3. The molecule has 0 aliphatic carbocycles. The minimum absolute atomic E-state index is 0.185. The van der Waals surface area contributed by atoms with Crippen LogP contribution in [0.5, 0.6) is 0 Å². The van der Waals surface area contributed by atoms with Crippen LogP contribution in [0.4, 0.5) is 21.8 Å². The van der Waals surface area contributed by atoms with Crippen LogP contribution in [0.1, 0.15) is 20.8 Å². The number of benzene rings is 1. The van der Waals surface area contributed by atoms with Gasteiger partial charge in [-0.15, -0.1) is 0 Å². The van der Waals surface area contributed by atoms with Gasteiger partial charge in [-0.3, -0.25) is 4.98 Å². The van der Waals surface area contributed by atoms with Gasteiger partial charge < -0.3 is 10.6 Å². The summed E-state index contributed by atoms with van der Waals surface area (Å²) < 4.78 is 13.1. The molecule has 0 radical (unpaired) electrons. The molecule has 0 atom stereocenters. The lowest BCUT2D eigenvalue weighted by Crippen LogP contribution is -2.27. The maximum Gasteiger partial charge on any atom is 0.225 e. The molecule has 1 aromatic carbocycles. The average molecular weight is 337 g/mol. The monoisotopic (exact) mass is 337 g/mol. The Bertz CT molecular complexity index is 842. The van der Waals surface area contributed by atoms with E-state index in [1.165, 1.54) is 12.1 Å². The van der Waals surface area contributed by atoms with Gasteiger partial charge in [0.25, 0.3) is 0 Å². The van der Waals surface area contributed by atoms with Gasteiger partial charge in [0.1, 0.15) is 11.6 Å². The molecule has 2 heterocycles. The molecule has 3 aromatic rings. The topological polar surface area (TPSA) is 62.7 Å². The van der Waals surface area contributed by atoms with Crippen molar-refractivity contribution in [2.24, 2.45) is 0 Å². The van der Waals surface area contributed by atoms with Crippen molar-refractivity contribution in [2.45, 2.75) is 26.3 Å². The lowest BCUT2D eigenvalue weighted by molar-refractivity contribution is 0.626. The second kappa shape index (κ2) is 6.84. The average Bonchev–Trinajstić information content (AvgIpc) is 2.56. The van der Waals surface area contributed by atoms with Crippen LogP contribution in [-0.4, -0.2) is 20.5 Å². The standard InChI is InChI=1S/C19H20FN5/c1-19(2,3)25-18-23-16(15-6-4-5-11-21-15)12-17(24-18)22-14-9-7-13(20)8-10-14/h4-12H,1-3H3,(H2,22,23,24,25). The molecule has 0 bridgehead atoms. The Balaban J connectivity index is 1.98. The van der Waals surface area contributed by atoms with Gasteiger partial charge in [0.2, 0.25) is 5.95 Å². The molecule has 0 amide bonds. The van der Waals surface area contributed by atoms with Gasteiger partial charge in [0, 0.05) is 23.5 Å².